The molecule has 0 radical (unpaired) electrons. The molecule has 90 valence electrons. The first-order valence-electron chi connectivity index (χ1n) is 6.18. The lowest BCUT2D eigenvalue weighted by atomic mass is 9.89. The summed E-state index contributed by atoms with van der Waals surface area (Å²) in [4.78, 5) is 1.44. The van der Waals surface area contributed by atoms with Crippen LogP contribution in [0.5, 0.6) is 0 Å². The van der Waals surface area contributed by atoms with E-state index in [4.69, 9.17) is 4.74 Å². The second-order valence-electron chi connectivity index (χ2n) is 4.44. The van der Waals surface area contributed by atoms with E-state index >= 15 is 0 Å². The van der Waals surface area contributed by atoms with Gasteiger partial charge in [-0.1, -0.05) is 6.92 Å². The first-order chi connectivity index (χ1) is 7.83. The van der Waals surface area contributed by atoms with Crippen molar-refractivity contribution >= 4 is 11.3 Å². The van der Waals surface area contributed by atoms with Crippen molar-refractivity contribution in [1.29, 1.82) is 0 Å². The van der Waals surface area contributed by atoms with Gasteiger partial charge in [0.15, 0.2) is 0 Å². The van der Waals surface area contributed by atoms with Crippen molar-refractivity contribution in [2.24, 2.45) is 5.92 Å². The molecule has 0 spiro atoms. The maximum atomic E-state index is 5.61. The molecule has 16 heavy (non-hydrogen) atoms. The van der Waals surface area contributed by atoms with Gasteiger partial charge in [0.1, 0.15) is 0 Å². The number of aryl methyl sites for hydroxylation is 1. The molecule has 2 heterocycles. The quantitative estimate of drug-likeness (QED) is 0.871. The van der Waals surface area contributed by atoms with Gasteiger partial charge in [-0.3, -0.25) is 0 Å². The molecule has 0 bridgehead atoms. The molecular weight excluding hydrogens is 218 g/mol. The van der Waals surface area contributed by atoms with Crippen molar-refractivity contribution < 1.29 is 4.74 Å². The van der Waals surface area contributed by atoms with Gasteiger partial charge in [0.2, 0.25) is 0 Å². The molecule has 0 aromatic carbocycles. The average molecular weight is 239 g/mol. The summed E-state index contributed by atoms with van der Waals surface area (Å²) in [5.41, 5.74) is 1.47. The summed E-state index contributed by atoms with van der Waals surface area (Å²) in [6.07, 6.45) is 2.49. The monoisotopic (exact) mass is 239 g/mol. The molecule has 0 amide bonds. The van der Waals surface area contributed by atoms with Crippen molar-refractivity contribution in [2.45, 2.75) is 32.7 Å². The van der Waals surface area contributed by atoms with Gasteiger partial charge in [-0.15, -0.1) is 11.3 Å². The van der Waals surface area contributed by atoms with Gasteiger partial charge in [-0.2, -0.15) is 0 Å². The maximum absolute atomic E-state index is 5.61. The largest absolute Gasteiger partial charge is 0.381 e. The summed E-state index contributed by atoms with van der Waals surface area (Å²) in [5, 5.41) is 5.82. The van der Waals surface area contributed by atoms with E-state index in [1.165, 1.54) is 23.3 Å². The third kappa shape index (κ3) is 2.65. The van der Waals surface area contributed by atoms with Crippen LogP contribution in [0.1, 0.15) is 36.2 Å². The Labute approximate surface area is 102 Å². The third-order valence-corrected chi connectivity index (χ3v) is 4.19. The van der Waals surface area contributed by atoms with E-state index in [9.17, 15) is 0 Å². The third-order valence-electron chi connectivity index (χ3n) is 3.32. The molecule has 3 heteroatoms. The zero-order valence-electron chi connectivity index (χ0n) is 10.2. The van der Waals surface area contributed by atoms with Crippen LogP contribution in [0.4, 0.5) is 0 Å². The average Bonchev–Trinajstić information content (AvgIpc) is 2.73. The van der Waals surface area contributed by atoms with Crippen molar-refractivity contribution in [2.75, 3.05) is 19.8 Å². The summed E-state index contributed by atoms with van der Waals surface area (Å²) < 4.78 is 5.61. The summed E-state index contributed by atoms with van der Waals surface area (Å²) in [7, 11) is 0. The van der Waals surface area contributed by atoms with E-state index in [0.29, 0.717) is 12.0 Å². The number of rotatable bonds is 4. The number of hydrogen-bond acceptors (Lipinski definition) is 3. The first kappa shape index (κ1) is 12.1. The Morgan fingerprint density at radius 3 is 3.06 bits per heavy atom. The first-order valence-corrected chi connectivity index (χ1v) is 7.06. The van der Waals surface area contributed by atoms with Gasteiger partial charge < -0.3 is 10.1 Å². The van der Waals surface area contributed by atoms with Crippen molar-refractivity contribution in [3.8, 4) is 0 Å². The van der Waals surface area contributed by atoms with E-state index < -0.39 is 0 Å². The molecule has 1 fully saturated rings. The summed E-state index contributed by atoms with van der Waals surface area (Å²) >= 11 is 1.84. The van der Waals surface area contributed by atoms with Gasteiger partial charge >= 0.3 is 0 Å². The minimum absolute atomic E-state index is 0.483. The molecule has 1 N–H and O–H groups in total. The highest BCUT2D eigenvalue weighted by atomic mass is 32.1. The standard InChI is InChI=1S/C13H21NOS/c1-3-14-13(11-5-4-7-15-9-11)12-6-8-16-10(12)2/h6,8,11,13-14H,3-5,7,9H2,1-2H3. The normalized spacial score (nSPS) is 23.2. The Hall–Kier alpha value is -0.380. The molecule has 2 unspecified atom stereocenters. The van der Waals surface area contributed by atoms with Crippen LogP contribution in [-0.2, 0) is 4.74 Å². The van der Waals surface area contributed by atoms with Crippen LogP contribution in [-0.4, -0.2) is 19.8 Å². The Morgan fingerprint density at radius 2 is 2.50 bits per heavy atom. The van der Waals surface area contributed by atoms with Gasteiger partial charge in [0.25, 0.3) is 0 Å². The Kier molecular flexibility index (Phi) is 4.38. The van der Waals surface area contributed by atoms with E-state index in [0.717, 1.165) is 19.8 Å². The van der Waals surface area contributed by atoms with Crippen molar-refractivity contribution in [3.63, 3.8) is 0 Å². The molecule has 2 rings (SSSR count). The second kappa shape index (κ2) is 5.80. The fraction of sp³-hybridized carbons (Fsp3) is 0.692. The van der Waals surface area contributed by atoms with Crippen LogP contribution in [0.2, 0.25) is 0 Å². The lowest BCUT2D eigenvalue weighted by Gasteiger charge is -2.31. The van der Waals surface area contributed by atoms with Crippen LogP contribution in [0.3, 0.4) is 0 Å². The highest BCUT2D eigenvalue weighted by molar-refractivity contribution is 7.10. The summed E-state index contributed by atoms with van der Waals surface area (Å²) in [6.45, 7) is 7.27. The molecule has 1 aromatic rings. The van der Waals surface area contributed by atoms with Gasteiger partial charge in [0.05, 0.1) is 6.61 Å². The Balaban J connectivity index is 2.12. The van der Waals surface area contributed by atoms with E-state index in [2.05, 4.69) is 30.6 Å². The Bertz CT molecular complexity index is 317. The maximum Gasteiger partial charge on any atom is 0.0512 e. The highest BCUT2D eigenvalue weighted by Crippen LogP contribution is 2.32. The molecule has 2 atom stereocenters. The highest BCUT2D eigenvalue weighted by Gasteiger charge is 2.26. The fourth-order valence-electron chi connectivity index (χ4n) is 2.50. The topological polar surface area (TPSA) is 21.3 Å². The molecule has 0 aliphatic carbocycles. The number of hydrogen-bond donors (Lipinski definition) is 1. The van der Waals surface area contributed by atoms with E-state index in [1.807, 2.05) is 11.3 Å². The van der Waals surface area contributed by atoms with Gasteiger partial charge in [-0.05, 0) is 43.3 Å². The van der Waals surface area contributed by atoms with Crippen LogP contribution in [0, 0.1) is 12.8 Å². The lowest BCUT2D eigenvalue weighted by molar-refractivity contribution is 0.0392. The molecule has 0 saturated carbocycles. The van der Waals surface area contributed by atoms with Crippen molar-refractivity contribution in [3.05, 3.63) is 21.9 Å². The molecular formula is C13H21NOS. The zero-order valence-corrected chi connectivity index (χ0v) is 11.0. The van der Waals surface area contributed by atoms with E-state index in [-0.39, 0.29) is 0 Å². The van der Waals surface area contributed by atoms with E-state index in [1.54, 1.807) is 0 Å². The summed E-state index contributed by atoms with van der Waals surface area (Å²) in [5.74, 6) is 0.641. The SMILES string of the molecule is CCNC(c1ccsc1C)C1CCCOC1. The lowest BCUT2D eigenvalue weighted by Crippen LogP contribution is -2.33. The number of thiophene rings is 1. The van der Waals surface area contributed by atoms with Crippen LogP contribution >= 0.6 is 11.3 Å². The predicted molar refractivity (Wildman–Crippen MR) is 69.0 cm³/mol. The molecule has 1 saturated heterocycles. The Morgan fingerprint density at radius 1 is 1.62 bits per heavy atom. The fourth-order valence-corrected chi connectivity index (χ4v) is 3.25. The van der Waals surface area contributed by atoms with Crippen molar-refractivity contribution in [1.82, 2.24) is 5.32 Å². The smallest absolute Gasteiger partial charge is 0.0512 e. The minimum atomic E-state index is 0.483. The molecule has 1 aromatic heterocycles. The zero-order chi connectivity index (χ0) is 11.4. The molecule has 1 aliphatic rings. The number of nitrogens with one attached hydrogen (secondary N) is 1. The molecule has 2 nitrogen and oxygen atoms in total. The predicted octanol–water partition coefficient (Wildman–Crippen LogP) is 3.13. The van der Waals surface area contributed by atoms with Crippen LogP contribution in [0.15, 0.2) is 11.4 Å². The van der Waals surface area contributed by atoms with Crippen LogP contribution < -0.4 is 5.32 Å². The minimum Gasteiger partial charge on any atom is -0.381 e. The second-order valence-corrected chi connectivity index (χ2v) is 5.56. The van der Waals surface area contributed by atoms with Crippen LogP contribution in [0.25, 0.3) is 0 Å². The summed E-state index contributed by atoms with van der Waals surface area (Å²) in [6, 6.07) is 2.75. The number of ether oxygens (including phenoxy) is 1. The van der Waals surface area contributed by atoms with Gasteiger partial charge in [0, 0.05) is 23.4 Å². The van der Waals surface area contributed by atoms with Gasteiger partial charge in [-0.25, -0.2) is 0 Å². The molecule has 1 aliphatic heterocycles.